The van der Waals surface area contributed by atoms with Gasteiger partial charge >= 0.3 is 6.36 Å². The van der Waals surface area contributed by atoms with Gasteiger partial charge in [-0.1, -0.05) is 6.58 Å². The Labute approximate surface area is 167 Å². The zero-order chi connectivity index (χ0) is 21.6. The number of aromatic nitrogens is 3. The average molecular weight is 418 g/mol. The number of alkyl halides is 3. The van der Waals surface area contributed by atoms with Crippen molar-refractivity contribution in [2.75, 3.05) is 5.32 Å². The van der Waals surface area contributed by atoms with Gasteiger partial charge in [0.15, 0.2) is 11.5 Å². The second kappa shape index (κ2) is 6.90. The maximum absolute atomic E-state index is 13.0. The highest BCUT2D eigenvalue weighted by atomic mass is 19.4. The van der Waals surface area contributed by atoms with E-state index in [9.17, 15) is 22.4 Å². The van der Waals surface area contributed by atoms with Crippen LogP contribution in [0.15, 0.2) is 61.1 Å². The summed E-state index contributed by atoms with van der Waals surface area (Å²) in [5.41, 5.74) is 2.20. The van der Waals surface area contributed by atoms with Crippen LogP contribution in [0.4, 0.5) is 23.2 Å². The molecule has 0 aliphatic heterocycles. The van der Waals surface area contributed by atoms with Crippen LogP contribution in [0.5, 0.6) is 5.75 Å². The number of carbonyl (C=O) groups is 1. The largest absolute Gasteiger partial charge is 0.573 e. The third-order valence-corrected chi connectivity index (χ3v) is 4.38. The van der Waals surface area contributed by atoms with Crippen LogP contribution in [0.1, 0.15) is 0 Å². The minimum absolute atomic E-state index is 0.337. The quantitative estimate of drug-likeness (QED) is 0.381. The van der Waals surface area contributed by atoms with Crippen LogP contribution in [0, 0.1) is 0 Å². The predicted molar refractivity (Wildman–Crippen MR) is 103 cm³/mol. The van der Waals surface area contributed by atoms with Crippen LogP contribution in [-0.4, -0.2) is 26.6 Å². The molecule has 30 heavy (non-hydrogen) atoms. The van der Waals surface area contributed by atoms with Crippen LogP contribution in [0.3, 0.4) is 0 Å². The number of carbonyl (C=O) groups excluding carboxylic acids is 1. The molecule has 0 bridgehead atoms. The van der Waals surface area contributed by atoms with Gasteiger partial charge in [0, 0.05) is 35.4 Å². The molecule has 4 rings (SSSR count). The van der Waals surface area contributed by atoms with Crippen molar-refractivity contribution in [3.05, 3.63) is 61.1 Å². The minimum Gasteiger partial charge on any atom is -0.406 e. The number of hydrogen-bond donors (Lipinski definition) is 1. The van der Waals surface area contributed by atoms with E-state index in [2.05, 4.69) is 21.7 Å². The summed E-state index contributed by atoms with van der Waals surface area (Å²) in [6.07, 6.45) is -3.00. The van der Waals surface area contributed by atoms with Gasteiger partial charge in [-0.3, -0.25) is 14.0 Å². The molecule has 6 nitrogen and oxygen atoms in total. The summed E-state index contributed by atoms with van der Waals surface area (Å²) < 4.78 is 57.5. The van der Waals surface area contributed by atoms with Gasteiger partial charge in [0.2, 0.25) is 0 Å². The summed E-state index contributed by atoms with van der Waals surface area (Å²) in [7, 11) is 1.73. The molecule has 0 aliphatic carbocycles. The molecule has 0 radical (unpaired) electrons. The monoisotopic (exact) mass is 418 g/mol. The molecule has 0 spiro atoms. The van der Waals surface area contributed by atoms with Gasteiger partial charge in [0.25, 0.3) is 5.91 Å². The number of rotatable bonds is 4. The van der Waals surface area contributed by atoms with Gasteiger partial charge in [-0.05, 0) is 42.5 Å². The first-order chi connectivity index (χ1) is 14.1. The lowest BCUT2D eigenvalue weighted by molar-refractivity contribution is -0.274. The maximum Gasteiger partial charge on any atom is 0.573 e. The van der Waals surface area contributed by atoms with E-state index in [0.29, 0.717) is 22.5 Å². The van der Waals surface area contributed by atoms with Crippen molar-refractivity contribution in [1.82, 2.24) is 14.3 Å². The molecule has 1 N–H and O–H groups in total. The van der Waals surface area contributed by atoms with E-state index in [4.69, 9.17) is 0 Å². The Morgan fingerprint density at radius 2 is 1.83 bits per heavy atom. The topological polar surface area (TPSA) is 61.1 Å². The number of hydrogen-bond acceptors (Lipinski definition) is 3. The zero-order valence-corrected chi connectivity index (χ0v) is 15.5. The molecule has 4 aromatic rings. The number of aryl methyl sites for hydroxylation is 1. The molecule has 0 saturated heterocycles. The molecule has 2 aromatic heterocycles. The molecular formula is C20H14F4N4O2. The Morgan fingerprint density at radius 3 is 2.47 bits per heavy atom. The fourth-order valence-corrected chi connectivity index (χ4v) is 3.23. The molecule has 0 fully saturated rings. The molecule has 0 unspecified atom stereocenters. The number of fused-ring (bicyclic) bond motifs is 3. The molecule has 0 saturated carbocycles. The van der Waals surface area contributed by atoms with Crippen LogP contribution < -0.4 is 10.1 Å². The lowest BCUT2D eigenvalue weighted by Crippen LogP contribution is -2.17. The Balaban J connectivity index is 1.83. The maximum atomic E-state index is 13.0. The van der Waals surface area contributed by atoms with Crippen LogP contribution >= 0.6 is 0 Å². The number of halogens is 4. The Bertz CT molecular complexity index is 1290. The van der Waals surface area contributed by atoms with Crippen LogP contribution in [0.2, 0.25) is 0 Å². The number of anilines is 1. The predicted octanol–water partition coefficient (Wildman–Crippen LogP) is 4.84. The highest BCUT2D eigenvalue weighted by Crippen LogP contribution is 2.34. The normalized spacial score (nSPS) is 11.8. The van der Waals surface area contributed by atoms with E-state index in [1.54, 1.807) is 40.7 Å². The number of nitrogens with one attached hydrogen (secondary N) is 1. The summed E-state index contributed by atoms with van der Waals surface area (Å²) >= 11 is 0. The lowest BCUT2D eigenvalue weighted by Gasteiger charge is -2.11. The van der Waals surface area contributed by atoms with Crippen molar-refractivity contribution in [2.45, 2.75) is 6.36 Å². The van der Waals surface area contributed by atoms with Crippen molar-refractivity contribution in [3.8, 4) is 11.4 Å². The van der Waals surface area contributed by atoms with Crippen molar-refractivity contribution < 1.29 is 27.1 Å². The van der Waals surface area contributed by atoms with E-state index in [-0.39, 0.29) is 5.75 Å². The molecule has 2 aromatic carbocycles. The number of nitrogens with zero attached hydrogens (tertiary/aromatic N) is 3. The highest BCUT2D eigenvalue weighted by molar-refractivity contribution is 6.10. The second-order valence-electron chi connectivity index (χ2n) is 6.51. The Morgan fingerprint density at radius 1 is 1.13 bits per heavy atom. The first kappa shape index (κ1) is 19.5. The number of benzene rings is 2. The van der Waals surface area contributed by atoms with E-state index in [0.717, 1.165) is 10.8 Å². The minimum atomic E-state index is -4.78. The molecule has 2 heterocycles. The summed E-state index contributed by atoms with van der Waals surface area (Å²) in [4.78, 5) is 11.6. The average Bonchev–Trinajstić information content (AvgIpc) is 3.16. The Hall–Kier alpha value is -3.82. The standard InChI is InChI=1S/C20H14F4N4O2/c1-11(21)19(29)25-12-3-8-17-15(9-12)16-10-27(2)26-18(16)28(17)13-4-6-14(7-5-13)30-20(22,23)24/h3-10H,1H2,2H3,(H,25,29). The van der Waals surface area contributed by atoms with E-state index in [1.807, 2.05) is 0 Å². The van der Waals surface area contributed by atoms with Gasteiger partial charge in [-0.2, -0.15) is 5.10 Å². The van der Waals surface area contributed by atoms with E-state index < -0.39 is 18.1 Å². The molecular weight excluding hydrogens is 404 g/mol. The van der Waals surface area contributed by atoms with Crippen molar-refractivity contribution in [3.63, 3.8) is 0 Å². The van der Waals surface area contributed by atoms with Gasteiger partial charge in [-0.25, -0.2) is 4.39 Å². The highest BCUT2D eigenvalue weighted by Gasteiger charge is 2.31. The van der Waals surface area contributed by atoms with E-state index in [1.165, 1.54) is 24.3 Å². The van der Waals surface area contributed by atoms with Crippen molar-refractivity contribution in [1.29, 1.82) is 0 Å². The van der Waals surface area contributed by atoms with E-state index >= 15 is 0 Å². The second-order valence-corrected chi connectivity index (χ2v) is 6.51. The molecule has 10 heteroatoms. The third kappa shape index (κ3) is 3.59. The first-order valence-electron chi connectivity index (χ1n) is 8.62. The molecule has 1 amide bonds. The summed E-state index contributed by atoms with van der Waals surface area (Å²) in [6.45, 7) is 2.96. The van der Waals surface area contributed by atoms with Gasteiger partial charge in [0.05, 0.1) is 5.52 Å². The lowest BCUT2D eigenvalue weighted by atomic mass is 10.2. The molecule has 154 valence electrons. The smallest absolute Gasteiger partial charge is 0.406 e. The number of ether oxygens (including phenoxy) is 1. The fourth-order valence-electron chi connectivity index (χ4n) is 3.23. The number of amides is 1. The van der Waals surface area contributed by atoms with Crippen LogP contribution in [-0.2, 0) is 11.8 Å². The summed E-state index contributed by atoms with van der Waals surface area (Å²) in [6, 6.07) is 10.3. The van der Waals surface area contributed by atoms with Crippen molar-refractivity contribution in [2.24, 2.45) is 7.05 Å². The van der Waals surface area contributed by atoms with Gasteiger partial charge in [0.1, 0.15) is 5.75 Å². The van der Waals surface area contributed by atoms with Gasteiger partial charge in [-0.15, -0.1) is 13.2 Å². The molecule has 0 atom stereocenters. The summed E-state index contributed by atoms with van der Waals surface area (Å²) in [5.74, 6) is -2.40. The summed E-state index contributed by atoms with van der Waals surface area (Å²) in [5, 5.41) is 8.31. The fraction of sp³-hybridized carbons (Fsp3) is 0.100. The van der Waals surface area contributed by atoms with Crippen LogP contribution in [0.25, 0.3) is 27.6 Å². The first-order valence-corrected chi connectivity index (χ1v) is 8.62. The Kier molecular flexibility index (Phi) is 4.49. The van der Waals surface area contributed by atoms with Crippen molar-refractivity contribution >= 4 is 33.5 Å². The molecule has 0 aliphatic rings. The SMILES string of the molecule is C=C(F)C(=O)Nc1ccc2c(c1)c1cn(C)nc1n2-c1ccc(OC(F)(F)F)cc1. The van der Waals surface area contributed by atoms with Gasteiger partial charge < -0.3 is 10.1 Å². The third-order valence-electron chi connectivity index (χ3n) is 4.38. The zero-order valence-electron chi connectivity index (χ0n) is 15.5.